The lowest BCUT2D eigenvalue weighted by atomic mass is 10.2. The Morgan fingerprint density at radius 2 is 2.50 bits per heavy atom. The zero-order valence-corrected chi connectivity index (χ0v) is 9.52. The van der Waals surface area contributed by atoms with Crippen molar-refractivity contribution in [1.82, 2.24) is 9.88 Å². The van der Waals surface area contributed by atoms with E-state index in [-0.39, 0.29) is 18.6 Å². The van der Waals surface area contributed by atoms with Crippen LogP contribution >= 0.6 is 11.6 Å². The minimum Gasteiger partial charge on any atom is -0.394 e. The molecule has 2 heterocycles. The number of likely N-dealkylation sites (tertiary alicyclic amines) is 1. The van der Waals surface area contributed by atoms with E-state index in [0.717, 1.165) is 12.8 Å². The normalized spacial score (nSPS) is 20.1. The number of carbonyl (C=O) groups is 1. The second kappa shape index (κ2) is 4.80. The quantitative estimate of drug-likeness (QED) is 0.849. The number of carbonyl (C=O) groups excluding carboxylic acids is 1. The monoisotopic (exact) mass is 240 g/mol. The lowest BCUT2D eigenvalue weighted by Gasteiger charge is -2.23. The fraction of sp³-hybridized carbons (Fsp3) is 0.455. The van der Waals surface area contributed by atoms with Gasteiger partial charge in [0.25, 0.3) is 5.91 Å². The third kappa shape index (κ3) is 2.03. The Morgan fingerprint density at radius 3 is 3.19 bits per heavy atom. The number of nitrogens with zero attached hydrogens (tertiary/aromatic N) is 2. The van der Waals surface area contributed by atoms with Gasteiger partial charge in [-0.2, -0.15) is 0 Å². The van der Waals surface area contributed by atoms with Gasteiger partial charge in [-0.1, -0.05) is 11.6 Å². The standard InChI is InChI=1S/C11H13ClN2O2/c12-10-6-13-4-3-9(10)11(16)14-5-1-2-8(14)7-15/h3-4,6,8,15H,1-2,5,7H2. The highest BCUT2D eigenvalue weighted by Gasteiger charge is 2.29. The summed E-state index contributed by atoms with van der Waals surface area (Å²) in [6.45, 7) is 0.692. The van der Waals surface area contributed by atoms with Gasteiger partial charge in [0, 0.05) is 18.9 Å². The molecule has 0 saturated carbocycles. The molecule has 0 aromatic carbocycles. The van der Waals surface area contributed by atoms with Crippen molar-refractivity contribution in [1.29, 1.82) is 0 Å². The lowest BCUT2D eigenvalue weighted by molar-refractivity contribution is 0.0677. The maximum atomic E-state index is 12.1. The highest BCUT2D eigenvalue weighted by molar-refractivity contribution is 6.33. The molecule has 1 N–H and O–H groups in total. The summed E-state index contributed by atoms with van der Waals surface area (Å²) in [5.41, 5.74) is 0.456. The second-order valence-corrected chi connectivity index (χ2v) is 4.24. The first-order chi connectivity index (χ1) is 7.74. The first-order valence-corrected chi connectivity index (χ1v) is 5.63. The Bertz CT molecular complexity index is 397. The van der Waals surface area contributed by atoms with Gasteiger partial charge in [-0.15, -0.1) is 0 Å². The largest absolute Gasteiger partial charge is 0.394 e. The average molecular weight is 241 g/mol. The van der Waals surface area contributed by atoms with E-state index in [4.69, 9.17) is 16.7 Å². The number of amides is 1. The molecule has 1 amide bonds. The van der Waals surface area contributed by atoms with Gasteiger partial charge in [0.2, 0.25) is 0 Å². The van der Waals surface area contributed by atoms with Crippen LogP contribution < -0.4 is 0 Å². The minimum absolute atomic E-state index is 0.00838. The number of aromatic nitrogens is 1. The fourth-order valence-electron chi connectivity index (χ4n) is 2.00. The number of aliphatic hydroxyl groups is 1. The van der Waals surface area contributed by atoms with Gasteiger partial charge in [0.15, 0.2) is 0 Å². The Labute approximate surface area is 98.9 Å². The molecule has 1 aliphatic heterocycles. The molecule has 1 atom stereocenters. The van der Waals surface area contributed by atoms with Crippen molar-refractivity contribution in [3.8, 4) is 0 Å². The minimum atomic E-state index is -0.121. The van der Waals surface area contributed by atoms with Crippen molar-refractivity contribution in [2.45, 2.75) is 18.9 Å². The van der Waals surface area contributed by atoms with Gasteiger partial charge < -0.3 is 10.0 Å². The average Bonchev–Trinajstić information content (AvgIpc) is 2.77. The molecule has 1 fully saturated rings. The van der Waals surface area contributed by atoms with Gasteiger partial charge >= 0.3 is 0 Å². The summed E-state index contributed by atoms with van der Waals surface area (Å²) >= 11 is 5.92. The van der Waals surface area contributed by atoms with Crippen LogP contribution in [-0.2, 0) is 0 Å². The summed E-state index contributed by atoms with van der Waals surface area (Å²) in [7, 11) is 0. The van der Waals surface area contributed by atoms with E-state index in [0.29, 0.717) is 17.1 Å². The number of pyridine rings is 1. The Kier molecular flexibility index (Phi) is 3.41. The van der Waals surface area contributed by atoms with E-state index in [1.54, 1.807) is 17.2 Å². The van der Waals surface area contributed by atoms with Crippen molar-refractivity contribution in [3.63, 3.8) is 0 Å². The highest BCUT2D eigenvalue weighted by Crippen LogP contribution is 2.22. The van der Waals surface area contributed by atoms with Crippen LogP contribution in [0.15, 0.2) is 18.5 Å². The number of hydrogen-bond donors (Lipinski definition) is 1. The Hall–Kier alpha value is -1.13. The zero-order chi connectivity index (χ0) is 11.5. The number of halogens is 1. The van der Waals surface area contributed by atoms with Gasteiger partial charge in [0.1, 0.15) is 0 Å². The van der Waals surface area contributed by atoms with Gasteiger partial charge in [-0.25, -0.2) is 0 Å². The Balaban J connectivity index is 2.22. The smallest absolute Gasteiger partial charge is 0.255 e. The van der Waals surface area contributed by atoms with Gasteiger partial charge in [-0.3, -0.25) is 9.78 Å². The molecule has 1 unspecified atom stereocenters. The van der Waals surface area contributed by atoms with Crippen molar-refractivity contribution < 1.29 is 9.90 Å². The number of rotatable bonds is 2. The maximum Gasteiger partial charge on any atom is 0.255 e. The molecule has 1 saturated heterocycles. The van der Waals surface area contributed by atoms with Crippen molar-refractivity contribution >= 4 is 17.5 Å². The molecule has 4 nitrogen and oxygen atoms in total. The molecule has 5 heteroatoms. The van der Waals surface area contributed by atoms with E-state index in [1.807, 2.05) is 0 Å². The fourth-order valence-corrected chi connectivity index (χ4v) is 2.20. The van der Waals surface area contributed by atoms with Crippen molar-refractivity contribution in [2.24, 2.45) is 0 Å². The second-order valence-electron chi connectivity index (χ2n) is 3.83. The summed E-state index contributed by atoms with van der Waals surface area (Å²) in [6, 6.07) is 1.54. The number of aliphatic hydroxyl groups excluding tert-OH is 1. The summed E-state index contributed by atoms with van der Waals surface area (Å²) in [4.78, 5) is 17.7. The van der Waals surface area contributed by atoms with Gasteiger partial charge in [-0.05, 0) is 18.9 Å². The molecule has 86 valence electrons. The number of hydrogen-bond acceptors (Lipinski definition) is 3. The zero-order valence-electron chi connectivity index (χ0n) is 8.77. The SMILES string of the molecule is O=C(c1ccncc1Cl)N1CCCC1CO. The highest BCUT2D eigenvalue weighted by atomic mass is 35.5. The van der Waals surface area contributed by atoms with Crippen molar-refractivity contribution in [3.05, 3.63) is 29.0 Å². The summed E-state index contributed by atoms with van der Waals surface area (Å²) < 4.78 is 0. The third-order valence-electron chi connectivity index (χ3n) is 2.85. The van der Waals surface area contributed by atoms with Crippen LogP contribution in [0.4, 0.5) is 0 Å². The van der Waals surface area contributed by atoms with Crippen LogP contribution in [0.3, 0.4) is 0 Å². The molecule has 1 aromatic rings. The molecule has 1 aromatic heterocycles. The predicted molar refractivity (Wildman–Crippen MR) is 60.4 cm³/mol. The van der Waals surface area contributed by atoms with Crippen LogP contribution in [0.1, 0.15) is 23.2 Å². The summed E-state index contributed by atoms with van der Waals surface area (Å²) in [6.07, 6.45) is 4.78. The van der Waals surface area contributed by atoms with E-state index in [1.165, 1.54) is 6.20 Å². The summed E-state index contributed by atoms with van der Waals surface area (Å²) in [5.74, 6) is -0.121. The van der Waals surface area contributed by atoms with Crippen LogP contribution in [0.2, 0.25) is 5.02 Å². The third-order valence-corrected chi connectivity index (χ3v) is 3.15. The van der Waals surface area contributed by atoms with Gasteiger partial charge in [0.05, 0.1) is 23.2 Å². The van der Waals surface area contributed by atoms with Crippen LogP contribution in [0.5, 0.6) is 0 Å². The molecule has 0 aliphatic carbocycles. The van der Waals surface area contributed by atoms with Crippen LogP contribution in [-0.4, -0.2) is 40.1 Å². The molecule has 1 aliphatic rings. The summed E-state index contributed by atoms with van der Waals surface area (Å²) in [5, 5.41) is 9.52. The predicted octanol–water partition coefficient (Wildman–Crippen LogP) is 1.33. The molecular formula is C11H13ClN2O2. The molecular weight excluding hydrogens is 228 g/mol. The van der Waals surface area contributed by atoms with E-state index < -0.39 is 0 Å². The lowest BCUT2D eigenvalue weighted by Crippen LogP contribution is -2.37. The first kappa shape index (κ1) is 11.4. The molecule has 0 radical (unpaired) electrons. The molecule has 2 rings (SSSR count). The Morgan fingerprint density at radius 1 is 1.69 bits per heavy atom. The van der Waals surface area contributed by atoms with Crippen LogP contribution in [0, 0.1) is 0 Å². The van der Waals surface area contributed by atoms with E-state index in [2.05, 4.69) is 4.98 Å². The topological polar surface area (TPSA) is 53.4 Å². The molecule has 16 heavy (non-hydrogen) atoms. The van der Waals surface area contributed by atoms with Crippen LogP contribution in [0.25, 0.3) is 0 Å². The molecule has 0 bridgehead atoms. The maximum absolute atomic E-state index is 12.1. The van der Waals surface area contributed by atoms with E-state index in [9.17, 15) is 4.79 Å². The van der Waals surface area contributed by atoms with E-state index >= 15 is 0 Å². The first-order valence-electron chi connectivity index (χ1n) is 5.25. The van der Waals surface area contributed by atoms with Crippen molar-refractivity contribution in [2.75, 3.05) is 13.2 Å². The molecule has 0 spiro atoms.